The summed E-state index contributed by atoms with van der Waals surface area (Å²) in [6, 6.07) is 10.7. The Labute approximate surface area is 179 Å². The lowest BCUT2D eigenvalue weighted by atomic mass is 10.0. The Bertz CT molecular complexity index is 577. The second kappa shape index (κ2) is 12.9. The van der Waals surface area contributed by atoms with Gasteiger partial charge in [-0.25, -0.2) is 4.99 Å². The van der Waals surface area contributed by atoms with Gasteiger partial charge in [-0.3, -0.25) is 9.69 Å². The van der Waals surface area contributed by atoms with Crippen molar-refractivity contribution in [2.45, 2.75) is 13.0 Å². The highest BCUT2D eigenvalue weighted by atomic mass is 127. The number of guanidine groups is 1. The summed E-state index contributed by atoms with van der Waals surface area (Å²) < 4.78 is 5.50. The molecule has 1 atom stereocenters. The number of nitrogens with one attached hydrogen (secondary N) is 2. The maximum absolute atomic E-state index is 11.8. The van der Waals surface area contributed by atoms with Crippen molar-refractivity contribution in [2.75, 3.05) is 60.0 Å². The second-order valence-electron chi connectivity index (χ2n) is 6.44. The van der Waals surface area contributed by atoms with Crippen molar-refractivity contribution in [2.24, 2.45) is 4.99 Å². The van der Waals surface area contributed by atoms with Crippen LogP contribution in [-0.4, -0.2) is 81.7 Å². The van der Waals surface area contributed by atoms with Gasteiger partial charge in [0.25, 0.3) is 0 Å². The normalized spacial score (nSPS) is 16.2. The van der Waals surface area contributed by atoms with Crippen LogP contribution in [0, 0.1) is 0 Å². The third-order valence-corrected chi connectivity index (χ3v) is 4.35. The van der Waals surface area contributed by atoms with E-state index in [1.165, 1.54) is 5.56 Å². The van der Waals surface area contributed by atoms with Crippen molar-refractivity contribution in [3.63, 3.8) is 0 Å². The molecule has 1 amide bonds. The van der Waals surface area contributed by atoms with E-state index in [0.717, 1.165) is 32.8 Å². The van der Waals surface area contributed by atoms with Gasteiger partial charge in [-0.2, -0.15) is 0 Å². The predicted molar refractivity (Wildman–Crippen MR) is 120 cm³/mol. The highest BCUT2D eigenvalue weighted by Gasteiger charge is 2.22. The number of nitrogens with zero attached hydrogens (tertiary/aromatic N) is 3. The van der Waals surface area contributed by atoms with Crippen molar-refractivity contribution in [3.05, 3.63) is 35.9 Å². The Hall–Kier alpha value is -1.39. The lowest BCUT2D eigenvalue weighted by Crippen LogP contribution is -2.46. The number of benzene rings is 1. The summed E-state index contributed by atoms with van der Waals surface area (Å²) >= 11 is 0. The Morgan fingerprint density at radius 3 is 2.48 bits per heavy atom. The number of hydrogen-bond donors (Lipinski definition) is 2. The standard InChI is InChI=1S/C19H31N5O2.HI/c1-4-20-19(22-15-18(25)23(2)3)21-14-17(16-8-6-5-7-9-16)24-10-12-26-13-11-24;/h5-9,17H,4,10-15H2,1-3H3,(H2,20,21,22);1H. The van der Waals surface area contributed by atoms with E-state index in [0.29, 0.717) is 12.5 Å². The first-order valence-electron chi connectivity index (χ1n) is 9.21. The third kappa shape index (κ3) is 8.02. The average molecular weight is 489 g/mol. The number of aliphatic imine (C=N–C) groups is 1. The summed E-state index contributed by atoms with van der Waals surface area (Å²) in [5.41, 5.74) is 1.27. The molecule has 2 rings (SSSR count). The van der Waals surface area contributed by atoms with Crippen molar-refractivity contribution < 1.29 is 9.53 Å². The van der Waals surface area contributed by atoms with E-state index in [1.54, 1.807) is 19.0 Å². The van der Waals surface area contributed by atoms with Gasteiger partial charge in [0, 0.05) is 40.3 Å². The molecule has 1 aromatic carbocycles. The minimum atomic E-state index is -0.0185. The fourth-order valence-corrected chi connectivity index (χ4v) is 2.85. The number of ether oxygens (including phenoxy) is 1. The molecule has 1 heterocycles. The molecule has 1 saturated heterocycles. The van der Waals surface area contributed by atoms with Gasteiger partial charge in [0.1, 0.15) is 6.54 Å². The molecule has 0 radical (unpaired) electrons. The van der Waals surface area contributed by atoms with Gasteiger partial charge < -0.3 is 20.3 Å². The number of likely N-dealkylation sites (N-methyl/N-ethyl adjacent to an activating group) is 1. The summed E-state index contributed by atoms with van der Waals surface area (Å²) in [4.78, 5) is 20.2. The number of carbonyl (C=O) groups is 1. The maximum atomic E-state index is 11.8. The lowest BCUT2D eigenvalue weighted by Gasteiger charge is -2.35. The Balaban J connectivity index is 0.00000364. The van der Waals surface area contributed by atoms with Crippen LogP contribution in [0.1, 0.15) is 18.5 Å². The van der Waals surface area contributed by atoms with Crippen LogP contribution in [-0.2, 0) is 9.53 Å². The number of amides is 1. The first kappa shape index (κ1) is 23.6. The maximum Gasteiger partial charge on any atom is 0.243 e. The SMILES string of the molecule is CCNC(=NCC(=O)N(C)C)NCC(c1ccccc1)N1CCOCC1.I. The summed E-state index contributed by atoms with van der Waals surface area (Å²) in [6.45, 7) is 6.95. The van der Waals surface area contributed by atoms with E-state index in [1.807, 2.05) is 13.0 Å². The van der Waals surface area contributed by atoms with Gasteiger partial charge in [-0.15, -0.1) is 24.0 Å². The Kier molecular flexibility index (Phi) is 11.3. The van der Waals surface area contributed by atoms with Crippen LogP contribution in [0.3, 0.4) is 0 Å². The first-order valence-corrected chi connectivity index (χ1v) is 9.21. The molecule has 8 heteroatoms. The van der Waals surface area contributed by atoms with E-state index in [9.17, 15) is 4.79 Å². The summed E-state index contributed by atoms with van der Waals surface area (Å²) in [7, 11) is 3.48. The molecule has 1 aliphatic rings. The number of morpholine rings is 1. The number of carbonyl (C=O) groups excluding carboxylic acids is 1. The van der Waals surface area contributed by atoms with Crippen molar-refractivity contribution in [1.82, 2.24) is 20.4 Å². The quantitative estimate of drug-likeness (QED) is 0.344. The highest BCUT2D eigenvalue weighted by Crippen LogP contribution is 2.20. The number of halogens is 1. The minimum absolute atomic E-state index is 0. The summed E-state index contributed by atoms with van der Waals surface area (Å²) in [5.74, 6) is 0.645. The molecular weight excluding hydrogens is 457 g/mol. The fourth-order valence-electron chi connectivity index (χ4n) is 2.85. The molecule has 1 aliphatic heterocycles. The zero-order valence-electron chi connectivity index (χ0n) is 16.5. The first-order chi connectivity index (χ1) is 12.6. The summed E-state index contributed by atoms with van der Waals surface area (Å²) in [5, 5.41) is 6.61. The molecule has 0 bridgehead atoms. The molecule has 2 N–H and O–H groups in total. The van der Waals surface area contributed by atoms with Gasteiger partial charge in [0.15, 0.2) is 5.96 Å². The molecule has 1 fully saturated rings. The fraction of sp³-hybridized carbons (Fsp3) is 0.579. The average Bonchev–Trinajstić information content (AvgIpc) is 2.67. The van der Waals surface area contributed by atoms with Crippen LogP contribution in [0.5, 0.6) is 0 Å². The van der Waals surface area contributed by atoms with Gasteiger partial charge in [0.05, 0.1) is 19.3 Å². The zero-order valence-corrected chi connectivity index (χ0v) is 18.8. The molecular formula is C19H32IN5O2. The molecule has 0 spiro atoms. The van der Waals surface area contributed by atoms with Crippen LogP contribution in [0.2, 0.25) is 0 Å². The predicted octanol–water partition coefficient (Wildman–Crippen LogP) is 1.32. The number of hydrogen-bond acceptors (Lipinski definition) is 4. The van der Waals surface area contributed by atoms with E-state index in [-0.39, 0.29) is 42.5 Å². The largest absolute Gasteiger partial charge is 0.379 e. The molecule has 0 aromatic heterocycles. The minimum Gasteiger partial charge on any atom is -0.379 e. The van der Waals surface area contributed by atoms with Gasteiger partial charge in [-0.1, -0.05) is 30.3 Å². The topological polar surface area (TPSA) is 69.2 Å². The zero-order chi connectivity index (χ0) is 18.8. The number of rotatable bonds is 7. The molecule has 152 valence electrons. The Morgan fingerprint density at radius 2 is 1.89 bits per heavy atom. The van der Waals surface area contributed by atoms with Crippen LogP contribution < -0.4 is 10.6 Å². The van der Waals surface area contributed by atoms with E-state index in [2.05, 4.69) is 44.8 Å². The van der Waals surface area contributed by atoms with Crippen molar-refractivity contribution >= 4 is 35.8 Å². The van der Waals surface area contributed by atoms with Gasteiger partial charge in [0.2, 0.25) is 5.91 Å². The van der Waals surface area contributed by atoms with Crippen LogP contribution >= 0.6 is 24.0 Å². The second-order valence-corrected chi connectivity index (χ2v) is 6.44. The lowest BCUT2D eigenvalue weighted by molar-refractivity contribution is -0.127. The van der Waals surface area contributed by atoms with Gasteiger partial charge in [-0.05, 0) is 12.5 Å². The van der Waals surface area contributed by atoms with Crippen molar-refractivity contribution in [3.8, 4) is 0 Å². The molecule has 1 unspecified atom stereocenters. The molecule has 1 aromatic rings. The third-order valence-electron chi connectivity index (χ3n) is 4.35. The van der Waals surface area contributed by atoms with Crippen LogP contribution in [0.15, 0.2) is 35.3 Å². The molecule has 7 nitrogen and oxygen atoms in total. The smallest absolute Gasteiger partial charge is 0.243 e. The van der Waals surface area contributed by atoms with Crippen molar-refractivity contribution in [1.29, 1.82) is 0 Å². The molecule has 27 heavy (non-hydrogen) atoms. The molecule has 0 saturated carbocycles. The molecule has 0 aliphatic carbocycles. The van der Waals surface area contributed by atoms with E-state index >= 15 is 0 Å². The van der Waals surface area contributed by atoms with Crippen LogP contribution in [0.25, 0.3) is 0 Å². The van der Waals surface area contributed by atoms with E-state index < -0.39 is 0 Å². The highest BCUT2D eigenvalue weighted by molar-refractivity contribution is 14.0. The van der Waals surface area contributed by atoms with Gasteiger partial charge >= 0.3 is 0 Å². The van der Waals surface area contributed by atoms with E-state index in [4.69, 9.17) is 4.74 Å². The monoisotopic (exact) mass is 489 g/mol. The summed E-state index contributed by atoms with van der Waals surface area (Å²) in [6.07, 6.45) is 0. The van der Waals surface area contributed by atoms with Crippen LogP contribution in [0.4, 0.5) is 0 Å². The Morgan fingerprint density at radius 1 is 1.22 bits per heavy atom.